The monoisotopic (exact) mass is 304 g/mol. The van der Waals surface area contributed by atoms with Crippen molar-refractivity contribution < 1.29 is 4.74 Å². The first-order valence-corrected chi connectivity index (χ1v) is 7.09. The molecule has 0 aliphatic heterocycles. The number of benzene rings is 1. The van der Waals surface area contributed by atoms with Gasteiger partial charge in [-0.2, -0.15) is 0 Å². The normalized spacial score (nSPS) is 10.1. The second-order valence-electron chi connectivity index (χ2n) is 4.09. The minimum Gasteiger partial charge on any atom is -0.496 e. The first kappa shape index (κ1) is 15.3. The van der Waals surface area contributed by atoms with Gasteiger partial charge in [-0.3, -0.25) is 4.40 Å². The molecule has 0 radical (unpaired) electrons. The largest absolute Gasteiger partial charge is 0.496 e. The molecule has 0 amide bonds. The van der Waals surface area contributed by atoms with Crippen LogP contribution in [0, 0.1) is 6.92 Å². The van der Waals surface area contributed by atoms with Crippen molar-refractivity contribution in [1.29, 1.82) is 0 Å². The number of hydrogen-bond acceptors (Lipinski definition) is 4. The molecular weight excluding hydrogens is 288 g/mol. The molecule has 0 bridgehead atoms. The van der Waals surface area contributed by atoms with Gasteiger partial charge in [0.05, 0.1) is 12.7 Å². The number of hydrogen-bond donors (Lipinski definition) is 0. The van der Waals surface area contributed by atoms with Gasteiger partial charge in [-0.25, -0.2) is 4.98 Å². The molecule has 2 heterocycles. The highest BCUT2D eigenvalue weighted by Gasteiger charge is 2.16. The van der Waals surface area contributed by atoms with E-state index < -0.39 is 0 Å². The lowest BCUT2D eigenvalue weighted by atomic mass is 10.1. The average molecular weight is 305 g/mol. The van der Waals surface area contributed by atoms with E-state index in [4.69, 9.17) is 16.3 Å². The summed E-state index contributed by atoms with van der Waals surface area (Å²) in [4.78, 5) is 4.18. The number of fused-ring (bicyclic) bond motifs is 1. The number of imidazole rings is 1. The number of ether oxygens (including phenoxy) is 1. The molecule has 110 valence electrons. The summed E-state index contributed by atoms with van der Waals surface area (Å²) in [6.07, 6.45) is 3.47. The second kappa shape index (κ2) is 6.54. The van der Waals surface area contributed by atoms with Crippen LogP contribution in [0.5, 0.6) is 5.75 Å². The van der Waals surface area contributed by atoms with E-state index in [1.54, 1.807) is 23.9 Å². The fourth-order valence-electron chi connectivity index (χ4n) is 2.08. The summed E-state index contributed by atoms with van der Waals surface area (Å²) in [5.41, 5.74) is 2.51. The Morgan fingerprint density at radius 2 is 1.95 bits per heavy atom. The van der Waals surface area contributed by atoms with Crippen molar-refractivity contribution in [3.8, 4) is 17.1 Å². The van der Waals surface area contributed by atoms with Crippen LogP contribution in [-0.4, -0.2) is 26.7 Å². The Bertz CT molecular complexity index is 755. The Hall–Kier alpha value is -2.14. The van der Waals surface area contributed by atoms with Crippen molar-refractivity contribution in [3.05, 3.63) is 41.3 Å². The average Bonchev–Trinajstić information content (AvgIpc) is 3.01. The zero-order valence-corrected chi connectivity index (χ0v) is 13.2. The fraction of sp³-hybridized carbons (Fsp3) is 0.267. The molecule has 0 atom stereocenters. The number of nitrogens with zero attached hydrogens (tertiary/aromatic N) is 4. The predicted octanol–water partition coefficient (Wildman–Crippen LogP) is 3.79. The highest BCUT2D eigenvalue weighted by molar-refractivity contribution is 6.32. The van der Waals surface area contributed by atoms with Gasteiger partial charge in [-0.1, -0.05) is 37.6 Å². The van der Waals surface area contributed by atoms with E-state index in [-0.39, 0.29) is 5.15 Å². The molecule has 0 aliphatic rings. The molecule has 3 aromatic rings. The van der Waals surface area contributed by atoms with Crippen LogP contribution in [0.4, 0.5) is 0 Å². The van der Waals surface area contributed by atoms with Crippen molar-refractivity contribution in [2.24, 2.45) is 0 Å². The van der Waals surface area contributed by atoms with Crippen molar-refractivity contribution in [3.63, 3.8) is 0 Å². The lowest BCUT2D eigenvalue weighted by Crippen LogP contribution is -2.02. The van der Waals surface area contributed by atoms with Crippen molar-refractivity contribution >= 4 is 17.2 Å². The highest BCUT2D eigenvalue weighted by atomic mass is 35.5. The van der Waals surface area contributed by atoms with Gasteiger partial charge in [-0.15, -0.1) is 10.2 Å². The topological polar surface area (TPSA) is 52.3 Å². The third-order valence-electron chi connectivity index (χ3n) is 2.96. The van der Waals surface area contributed by atoms with Gasteiger partial charge < -0.3 is 4.74 Å². The first-order chi connectivity index (χ1) is 10.2. The van der Waals surface area contributed by atoms with E-state index in [2.05, 4.69) is 15.2 Å². The quantitative estimate of drug-likeness (QED) is 0.723. The van der Waals surface area contributed by atoms with E-state index in [0.717, 1.165) is 16.9 Å². The molecule has 3 rings (SSSR count). The number of aromatic nitrogens is 4. The maximum Gasteiger partial charge on any atom is 0.195 e. The first-order valence-electron chi connectivity index (χ1n) is 6.71. The van der Waals surface area contributed by atoms with E-state index in [0.29, 0.717) is 11.5 Å². The summed E-state index contributed by atoms with van der Waals surface area (Å²) < 4.78 is 7.21. The third kappa shape index (κ3) is 2.69. The second-order valence-corrected chi connectivity index (χ2v) is 4.45. The lowest BCUT2D eigenvalue weighted by molar-refractivity contribution is 0.415. The van der Waals surface area contributed by atoms with Crippen LogP contribution in [0.25, 0.3) is 17.0 Å². The molecule has 0 aliphatic carbocycles. The molecule has 21 heavy (non-hydrogen) atoms. The summed E-state index contributed by atoms with van der Waals surface area (Å²) in [7, 11) is 1.63. The van der Waals surface area contributed by atoms with Crippen molar-refractivity contribution in [1.82, 2.24) is 19.6 Å². The molecule has 6 heteroatoms. The summed E-state index contributed by atoms with van der Waals surface area (Å²) in [5, 5.41) is 8.41. The van der Waals surface area contributed by atoms with Crippen molar-refractivity contribution in [2.75, 3.05) is 7.11 Å². The molecule has 0 saturated carbocycles. The van der Waals surface area contributed by atoms with E-state index in [1.165, 1.54) is 0 Å². The van der Waals surface area contributed by atoms with Crippen LogP contribution in [0.1, 0.15) is 19.4 Å². The van der Waals surface area contributed by atoms with E-state index in [9.17, 15) is 0 Å². The zero-order valence-electron chi connectivity index (χ0n) is 12.5. The molecule has 5 nitrogen and oxygen atoms in total. The van der Waals surface area contributed by atoms with Gasteiger partial charge in [0, 0.05) is 12.4 Å². The molecule has 0 N–H and O–H groups in total. The molecule has 0 saturated heterocycles. The maximum atomic E-state index is 5.98. The van der Waals surface area contributed by atoms with Crippen LogP contribution in [0.15, 0.2) is 30.6 Å². The Balaban J connectivity index is 0.000000774. The molecule has 0 fully saturated rings. The third-order valence-corrected chi connectivity index (χ3v) is 3.21. The van der Waals surface area contributed by atoms with Gasteiger partial charge in [0.25, 0.3) is 0 Å². The number of methoxy groups -OCH3 is 1. The molecular formula is C15H17ClN4O. The standard InChI is InChI=1S/C13H11ClN4O.C2H6/c1-8-4-3-5-9(19-2)10(8)12-17-16-11(14)13-15-6-7-18(12)13;1-2/h3-7H,1-2H3;1-2H3. The fourth-order valence-corrected chi connectivity index (χ4v) is 2.26. The van der Waals surface area contributed by atoms with Gasteiger partial charge >= 0.3 is 0 Å². The lowest BCUT2D eigenvalue weighted by Gasteiger charge is -2.11. The Labute approximate surface area is 128 Å². The maximum absolute atomic E-state index is 5.98. The van der Waals surface area contributed by atoms with Gasteiger partial charge in [-0.05, 0) is 18.6 Å². The van der Waals surface area contributed by atoms with E-state index in [1.807, 2.05) is 39.0 Å². The zero-order chi connectivity index (χ0) is 15.4. The van der Waals surface area contributed by atoms with Crippen LogP contribution >= 0.6 is 11.6 Å². The Kier molecular flexibility index (Phi) is 4.75. The minimum atomic E-state index is 0.279. The smallest absolute Gasteiger partial charge is 0.195 e. The molecule has 0 spiro atoms. The predicted molar refractivity (Wildman–Crippen MR) is 83.9 cm³/mol. The van der Waals surface area contributed by atoms with Crippen LogP contribution in [-0.2, 0) is 0 Å². The molecule has 2 aromatic heterocycles. The highest BCUT2D eigenvalue weighted by Crippen LogP contribution is 2.32. The summed E-state index contributed by atoms with van der Waals surface area (Å²) >= 11 is 5.98. The van der Waals surface area contributed by atoms with Gasteiger partial charge in [0.15, 0.2) is 16.6 Å². The molecule has 0 unspecified atom stereocenters. The van der Waals surface area contributed by atoms with Crippen molar-refractivity contribution in [2.45, 2.75) is 20.8 Å². The van der Waals surface area contributed by atoms with Gasteiger partial charge in [0.1, 0.15) is 5.75 Å². The Morgan fingerprint density at radius 1 is 1.19 bits per heavy atom. The summed E-state index contributed by atoms with van der Waals surface area (Å²) in [6.45, 7) is 6.00. The minimum absolute atomic E-state index is 0.279. The Morgan fingerprint density at radius 3 is 2.67 bits per heavy atom. The van der Waals surface area contributed by atoms with Gasteiger partial charge in [0.2, 0.25) is 0 Å². The van der Waals surface area contributed by atoms with Crippen LogP contribution in [0.3, 0.4) is 0 Å². The summed E-state index contributed by atoms with van der Waals surface area (Å²) in [5.74, 6) is 1.40. The van der Waals surface area contributed by atoms with Crippen LogP contribution in [0.2, 0.25) is 5.15 Å². The van der Waals surface area contributed by atoms with E-state index >= 15 is 0 Å². The number of halogens is 1. The molecule has 1 aromatic carbocycles. The van der Waals surface area contributed by atoms with Crippen LogP contribution < -0.4 is 4.74 Å². The number of rotatable bonds is 2. The number of aryl methyl sites for hydroxylation is 1. The SMILES string of the molecule is CC.COc1cccc(C)c1-c1nnc(Cl)c2nccn12. The summed E-state index contributed by atoms with van der Waals surface area (Å²) in [6, 6.07) is 5.82.